The molecule has 3 heterocycles. The van der Waals surface area contributed by atoms with Gasteiger partial charge >= 0.3 is 0 Å². The topological polar surface area (TPSA) is 30.3 Å². The minimum atomic E-state index is 0.329. The molecule has 3 rings (SSSR count). The second kappa shape index (κ2) is 7.81. The van der Waals surface area contributed by atoms with Crippen molar-refractivity contribution >= 4 is 11.3 Å². The maximum atomic E-state index is 5.92. The van der Waals surface area contributed by atoms with E-state index in [1.54, 1.807) is 0 Å². The molecule has 0 radical (unpaired) electrons. The van der Waals surface area contributed by atoms with Crippen LogP contribution in [0.15, 0.2) is 12.1 Å². The van der Waals surface area contributed by atoms with Gasteiger partial charge in [0.15, 0.2) is 0 Å². The predicted molar refractivity (Wildman–Crippen MR) is 99.3 cm³/mol. The average molecular weight is 348 g/mol. The fourth-order valence-corrected chi connectivity index (χ4v) is 4.53. The normalized spacial score (nSPS) is 18.5. The highest BCUT2D eigenvalue weighted by molar-refractivity contribution is 7.12. The van der Waals surface area contributed by atoms with Crippen molar-refractivity contribution in [3.05, 3.63) is 38.8 Å². The summed E-state index contributed by atoms with van der Waals surface area (Å²) in [7, 11) is 2.03. The van der Waals surface area contributed by atoms with Gasteiger partial charge in [-0.3, -0.25) is 9.58 Å². The molecule has 24 heavy (non-hydrogen) atoms. The summed E-state index contributed by atoms with van der Waals surface area (Å²) in [6.07, 6.45) is 4.00. The summed E-state index contributed by atoms with van der Waals surface area (Å²) in [5.74, 6) is 0. The van der Waals surface area contributed by atoms with Crippen molar-refractivity contribution in [3.63, 3.8) is 0 Å². The molecule has 1 aliphatic rings. The summed E-state index contributed by atoms with van der Waals surface area (Å²) >= 11 is 1.92. The van der Waals surface area contributed by atoms with Gasteiger partial charge in [-0.15, -0.1) is 11.3 Å². The predicted octanol–water partition coefficient (Wildman–Crippen LogP) is 4.36. The van der Waals surface area contributed by atoms with Crippen LogP contribution in [0.3, 0.4) is 0 Å². The molecule has 1 fully saturated rings. The number of hydrogen-bond acceptors (Lipinski definition) is 4. The third kappa shape index (κ3) is 3.90. The molecule has 0 N–H and O–H groups in total. The fourth-order valence-electron chi connectivity index (χ4n) is 3.39. The first-order valence-corrected chi connectivity index (χ1v) is 9.81. The molecule has 2 aromatic heterocycles. The van der Waals surface area contributed by atoms with Crippen LogP contribution >= 0.6 is 11.3 Å². The van der Waals surface area contributed by atoms with Crippen molar-refractivity contribution in [1.29, 1.82) is 0 Å². The van der Waals surface area contributed by atoms with E-state index in [0.29, 0.717) is 6.10 Å². The Morgan fingerprint density at radius 2 is 2.12 bits per heavy atom. The molecular formula is C19H29N3OS. The van der Waals surface area contributed by atoms with Crippen molar-refractivity contribution in [2.45, 2.75) is 59.2 Å². The number of rotatable bonds is 6. The van der Waals surface area contributed by atoms with Gasteiger partial charge in [0.2, 0.25) is 0 Å². The molecule has 0 aliphatic carbocycles. The molecule has 0 amide bonds. The zero-order valence-corrected chi connectivity index (χ0v) is 16.2. The molecule has 1 saturated heterocycles. The molecule has 0 unspecified atom stereocenters. The van der Waals surface area contributed by atoms with Gasteiger partial charge in [-0.25, -0.2) is 0 Å². The van der Waals surface area contributed by atoms with Gasteiger partial charge in [-0.2, -0.15) is 5.10 Å². The van der Waals surface area contributed by atoms with Gasteiger partial charge in [-0.05, 0) is 51.8 Å². The Morgan fingerprint density at radius 3 is 2.75 bits per heavy atom. The van der Waals surface area contributed by atoms with Gasteiger partial charge in [0.05, 0.1) is 11.8 Å². The van der Waals surface area contributed by atoms with Crippen LogP contribution in [-0.2, 0) is 24.9 Å². The average Bonchev–Trinajstić information content (AvgIpc) is 3.15. The van der Waals surface area contributed by atoms with Crippen molar-refractivity contribution < 1.29 is 4.74 Å². The zero-order chi connectivity index (χ0) is 17.1. The van der Waals surface area contributed by atoms with E-state index in [9.17, 15) is 0 Å². The van der Waals surface area contributed by atoms with Crippen LogP contribution in [0.25, 0.3) is 0 Å². The summed E-state index contributed by atoms with van der Waals surface area (Å²) in [6.45, 7) is 10.4. The van der Waals surface area contributed by atoms with Crippen LogP contribution in [0.1, 0.15) is 59.0 Å². The molecule has 0 aromatic carbocycles. The maximum Gasteiger partial charge on any atom is 0.0916 e. The summed E-state index contributed by atoms with van der Waals surface area (Å²) in [5, 5.41) is 4.55. The Morgan fingerprint density at radius 1 is 1.29 bits per heavy atom. The Hall–Kier alpha value is -1.17. The Labute approximate surface area is 149 Å². The van der Waals surface area contributed by atoms with Gasteiger partial charge in [-0.1, -0.05) is 6.92 Å². The van der Waals surface area contributed by atoms with E-state index < -0.39 is 0 Å². The Balaban J connectivity index is 1.66. The maximum absolute atomic E-state index is 5.92. The van der Waals surface area contributed by atoms with Crippen LogP contribution in [0.5, 0.6) is 0 Å². The summed E-state index contributed by atoms with van der Waals surface area (Å²) in [6, 6.07) is 4.55. The van der Waals surface area contributed by atoms with E-state index in [1.165, 1.54) is 40.3 Å². The van der Waals surface area contributed by atoms with E-state index in [1.807, 2.05) is 23.1 Å². The molecule has 0 saturated carbocycles. The zero-order valence-electron chi connectivity index (χ0n) is 15.3. The number of aryl methyl sites for hydroxylation is 2. The van der Waals surface area contributed by atoms with Gasteiger partial charge < -0.3 is 4.74 Å². The lowest BCUT2D eigenvalue weighted by Crippen LogP contribution is -2.22. The van der Waals surface area contributed by atoms with Crippen LogP contribution < -0.4 is 0 Å². The largest absolute Gasteiger partial charge is 0.373 e. The minimum absolute atomic E-state index is 0.329. The van der Waals surface area contributed by atoms with Crippen molar-refractivity contribution in [1.82, 2.24) is 14.7 Å². The molecular weight excluding hydrogens is 318 g/mol. The summed E-state index contributed by atoms with van der Waals surface area (Å²) in [4.78, 5) is 5.32. The lowest BCUT2D eigenvalue weighted by molar-refractivity contribution is 0.0172. The summed E-state index contributed by atoms with van der Waals surface area (Å²) in [5.41, 5.74) is 3.79. The quantitative estimate of drug-likeness (QED) is 0.778. The second-order valence-electron chi connectivity index (χ2n) is 6.74. The molecule has 5 heteroatoms. The number of ether oxygens (including phenoxy) is 1. The number of aromatic nitrogens is 2. The molecule has 2 aromatic rings. The summed E-state index contributed by atoms with van der Waals surface area (Å²) < 4.78 is 7.91. The van der Waals surface area contributed by atoms with E-state index in [4.69, 9.17) is 4.74 Å². The lowest BCUT2D eigenvalue weighted by Gasteiger charge is -2.22. The molecule has 0 bridgehead atoms. The standard InChI is InChI=1S/C19H29N3OS/c1-5-22(13-17-14(2)20-21(4)15(17)3)12-16-9-10-19(24-16)18-8-6-7-11-23-18/h9-10,18H,5-8,11-13H2,1-4H3/t18-/m0/s1. The number of thiophene rings is 1. The smallest absolute Gasteiger partial charge is 0.0916 e. The first-order valence-electron chi connectivity index (χ1n) is 9.00. The van der Waals surface area contributed by atoms with E-state index in [2.05, 4.69) is 42.9 Å². The van der Waals surface area contributed by atoms with Gasteiger partial charge in [0.25, 0.3) is 0 Å². The molecule has 1 aliphatic heterocycles. The van der Waals surface area contributed by atoms with E-state index in [0.717, 1.165) is 31.9 Å². The molecule has 4 nitrogen and oxygen atoms in total. The minimum Gasteiger partial charge on any atom is -0.373 e. The van der Waals surface area contributed by atoms with Crippen LogP contribution in [0.2, 0.25) is 0 Å². The van der Waals surface area contributed by atoms with Crippen molar-refractivity contribution in [3.8, 4) is 0 Å². The van der Waals surface area contributed by atoms with Gasteiger partial charge in [0, 0.05) is 47.8 Å². The molecule has 0 spiro atoms. The Bertz CT molecular complexity index is 670. The third-order valence-electron chi connectivity index (χ3n) is 5.05. The highest BCUT2D eigenvalue weighted by atomic mass is 32.1. The van der Waals surface area contributed by atoms with Crippen molar-refractivity contribution in [2.24, 2.45) is 7.05 Å². The third-order valence-corrected chi connectivity index (χ3v) is 6.21. The van der Waals surface area contributed by atoms with Crippen LogP contribution in [0, 0.1) is 13.8 Å². The monoisotopic (exact) mass is 347 g/mol. The first kappa shape index (κ1) is 17.6. The van der Waals surface area contributed by atoms with E-state index in [-0.39, 0.29) is 0 Å². The van der Waals surface area contributed by atoms with Crippen LogP contribution in [-0.4, -0.2) is 27.8 Å². The highest BCUT2D eigenvalue weighted by Crippen LogP contribution is 2.33. The number of nitrogens with zero attached hydrogens (tertiary/aromatic N) is 3. The van der Waals surface area contributed by atoms with Crippen molar-refractivity contribution in [2.75, 3.05) is 13.2 Å². The second-order valence-corrected chi connectivity index (χ2v) is 7.94. The number of hydrogen-bond donors (Lipinski definition) is 0. The van der Waals surface area contributed by atoms with Crippen LogP contribution in [0.4, 0.5) is 0 Å². The molecule has 1 atom stereocenters. The lowest BCUT2D eigenvalue weighted by atomic mass is 10.1. The first-order chi connectivity index (χ1) is 11.6. The molecule has 132 valence electrons. The van der Waals surface area contributed by atoms with Gasteiger partial charge in [0.1, 0.15) is 0 Å². The Kier molecular flexibility index (Phi) is 5.74. The van der Waals surface area contributed by atoms with E-state index >= 15 is 0 Å². The SMILES string of the molecule is CCN(Cc1ccc([C@@H]2CCCCO2)s1)Cc1c(C)nn(C)c1C. The highest BCUT2D eigenvalue weighted by Gasteiger charge is 2.19. The fraction of sp³-hybridized carbons (Fsp3) is 0.632.